The summed E-state index contributed by atoms with van der Waals surface area (Å²) in [6.07, 6.45) is 4.20. The molecule has 0 bridgehead atoms. The van der Waals surface area contributed by atoms with E-state index in [1.807, 2.05) is 0 Å². The van der Waals surface area contributed by atoms with E-state index in [1.165, 1.54) is 53.0 Å². The maximum atomic E-state index is 12.7. The van der Waals surface area contributed by atoms with Crippen LogP contribution in [-0.4, -0.2) is 56.1 Å². The number of benzene rings is 2. The molecule has 0 aromatic heterocycles. The predicted molar refractivity (Wildman–Crippen MR) is 114 cm³/mol. The molecule has 1 amide bonds. The van der Waals surface area contributed by atoms with Crippen LogP contribution in [0.1, 0.15) is 15.9 Å². The fourth-order valence-corrected chi connectivity index (χ4v) is 4.33. The molecule has 0 aliphatic carbocycles. The summed E-state index contributed by atoms with van der Waals surface area (Å²) < 4.78 is 31.9. The van der Waals surface area contributed by atoms with Gasteiger partial charge >= 0.3 is 0 Å². The molecule has 10 nitrogen and oxygen atoms in total. The monoisotopic (exact) mass is 444 g/mol. The van der Waals surface area contributed by atoms with Gasteiger partial charge in [0.15, 0.2) is 0 Å². The number of nitrogens with one attached hydrogen (secondary N) is 1. The van der Waals surface area contributed by atoms with Crippen LogP contribution >= 0.6 is 0 Å². The van der Waals surface area contributed by atoms with Gasteiger partial charge in [0.05, 0.1) is 28.6 Å². The molecule has 1 N–H and O–H groups in total. The van der Waals surface area contributed by atoms with Crippen LogP contribution < -0.4 is 5.43 Å². The lowest BCUT2D eigenvalue weighted by molar-refractivity contribution is -0.385. The molecule has 1 aliphatic rings. The number of allylic oxidation sites excluding steroid dienone is 1. The molecule has 2 aromatic rings. The van der Waals surface area contributed by atoms with Crippen molar-refractivity contribution in [2.45, 2.75) is 4.90 Å². The third-order valence-corrected chi connectivity index (χ3v) is 6.33. The maximum absolute atomic E-state index is 12.7. The van der Waals surface area contributed by atoms with Gasteiger partial charge in [0.25, 0.3) is 11.6 Å². The van der Waals surface area contributed by atoms with Crippen LogP contribution in [0.2, 0.25) is 0 Å². The molecule has 1 heterocycles. The summed E-state index contributed by atoms with van der Waals surface area (Å²) >= 11 is 0. The minimum absolute atomic E-state index is 0.0160. The van der Waals surface area contributed by atoms with Crippen molar-refractivity contribution < 1.29 is 22.9 Å². The smallest absolute Gasteiger partial charge is 0.276 e. The van der Waals surface area contributed by atoms with Gasteiger partial charge in [-0.05, 0) is 36.4 Å². The molecule has 0 spiro atoms. The van der Waals surface area contributed by atoms with Crippen LogP contribution in [0.4, 0.5) is 5.69 Å². The highest BCUT2D eigenvalue weighted by atomic mass is 32.2. The number of nitro groups is 1. The number of nitro benzene ring substituents is 1. The molecule has 2 aromatic carbocycles. The van der Waals surface area contributed by atoms with E-state index in [0.717, 1.165) is 0 Å². The van der Waals surface area contributed by atoms with E-state index in [-0.39, 0.29) is 29.2 Å². The molecule has 11 heteroatoms. The number of ether oxygens (including phenoxy) is 1. The average Bonchev–Trinajstić information content (AvgIpc) is 2.79. The number of morpholine rings is 1. The van der Waals surface area contributed by atoms with E-state index >= 15 is 0 Å². The highest BCUT2D eigenvalue weighted by molar-refractivity contribution is 7.89. The number of nitrogens with zero attached hydrogens (tertiary/aromatic N) is 3. The van der Waals surface area contributed by atoms with Crippen LogP contribution in [0.15, 0.2) is 64.6 Å². The van der Waals surface area contributed by atoms with Crippen molar-refractivity contribution in [2.75, 3.05) is 26.3 Å². The third-order valence-electron chi connectivity index (χ3n) is 4.44. The largest absolute Gasteiger partial charge is 0.379 e. The second-order valence-electron chi connectivity index (χ2n) is 6.44. The van der Waals surface area contributed by atoms with Gasteiger partial charge in [0.1, 0.15) is 0 Å². The lowest BCUT2D eigenvalue weighted by Gasteiger charge is -2.26. The summed E-state index contributed by atoms with van der Waals surface area (Å²) in [4.78, 5) is 22.8. The summed E-state index contributed by atoms with van der Waals surface area (Å²) in [7, 11) is -3.72. The van der Waals surface area contributed by atoms with Crippen molar-refractivity contribution in [1.29, 1.82) is 0 Å². The van der Waals surface area contributed by atoms with Gasteiger partial charge in [-0.25, -0.2) is 13.8 Å². The van der Waals surface area contributed by atoms with E-state index in [9.17, 15) is 23.3 Å². The predicted octanol–water partition coefficient (Wildman–Crippen LogP) is 2.04. The molecule has 3 rings (SSSR count). The van der Waals surface area contributed by atoms with E-state index in [0.29, 0.717) is 18.8 Å². The Labute approximate surface area is 179 Å². The Balaban J connectivity index is 1.65. The highest BCUT2D eigenvalue weighted by Crippen LogP contribution is 2.19. The quantitative estimate of drug-likeness (QED) is 0.395. The first-order valence-corrected chi connectivity index (χ1v) is 10.7. The van der Waals surface area contributed by atoms with E-state index in [1.54, 1.807) is 18.2 Å². The average molecular weight is 444 g/mol. The topological polar surface area (TPSA) is 131 Å². The molecule has 1 saturated heterocycles. The van der Waals surface area contributed by atoms with E-state index in [2.05, 4.69) is 10.5 Å². The Bertz CT molecular complexity index is 1120. The van der Waals surface area contributed by atoms with E-state index < -0.39 is 20.9 Å². The molecule has 1 fully saturated rings. The zero-order chi connectivity index (χ0) is 22.3. The molecular weight excluding hydrogens is 424 g/mol. The first-order chi connectivity index (χ1) is 14.9. The standard InChI is InChI=1S/C20H20N4O6S/c25-20(22-21-10-4-7-16-5-1-2-9-19(16)24(26)27)17-6-3-8-18(15-17)31(28,29)23-11-13-30-14-12-23/h1-10,15H,11-14H2,(H,22,25). The Kier molecular flexibility index (Phi) is 7.23. The number of hydrogen-bond acceptors (Lipinski definition) is 7. The first-order valence-electron chi connectivity index (χ1n) is 9.31. The molecule has 1 aliphatic heterocycles. The van der Waals surface area contributed by atoms with Crippen LogP contribution in [0.25, 0.3) is 6.08 Å². The fourth-order valence-electron chi connectivity index (χ4n) is 2.88. The number of hydrogen-bond donors (Lipinski definition) is 1. The van der Waals surface area contributed by atoms with Gasteiger partial charge in [0, 0.05) is 30.9 Å². The van der Waals surface area contributed by atoms with Crippen LogP contribution in [0.3, 0.4) is 0 Å². The molecule has 31 heavy (non-hydrogen) atoms. The normalized spacial score (nSPS) is 15.4. The number of carbonyl (C=O) groups excluding carboxylic acids is 1. The zero-order valence-electron chi connectivity index (χ0n) is 16.4. The minimum atomic E-state index is -3.72. The second-order valence-corrected chi connectivity index (χ2v) is 8.38. The molecular formula is C20H20N4O6S. The van der Waals surface area contributed by atoms with Gasteiger partial charge in [0.2, 0.25) is 10.0 Å². The SMILES string of the molecule is O=C(NN=CC=Cc1ccccc1[N+](=O)[O-])c1cccc(S(=O)(=O)N2CCOCC2)c1. The molecule has 162 valence electrons. The van der Waals surface area contributed by atoms with Crippen LogP contribution in [0.5, 0.6) is 0 Å². The maximum Gasteiger partial charge on any atom is 0.276 e. The number of amides is 1. The summed E-state index contributed by atoms with van der Waals surface area (Å²) in [5.41, 5.74) is 2.78. The van der Waals surface area contributed by atoms with Gasteiger partial charge in [-0.15, -0.1) is 0 Å². The lowest BCUT2D eigenvalue weighted by atomic mass is 10.2. The van der Waals surface area contributed by atoms with Gasteiger partial charge in [-0.1, -0.05) is 18.2 Å². The number of para-hydroxylation sites is 1. The fraction of sp³-hybridized carbons (Fsp3) is 0.200. The number of rotatable bonds is 7. The Hall–Kier alpha value is -3.41. The summed E-state index contributed by atoms with van der Waals surface area (Å²) in [6, 6.07) is 11.9. The second kappa shape index (κ2) is 10.1. The van der Waals surface area contributed by atoms with Crippen LogP contribution in [-0.2, 0) is 14.8 Å². The van der Waals surface area contributed by atoms with Gasteiger partial charge in [-0.3, -0.25) is 14.9 Å². The summed E-state index contributed by atoms with van der Waals surface area (Å²) in [6.45, 7) is 1.17. The Morgan fingerprint density at radius 2 is 1.90 bits per heavy atom. The first kappa shape index (κ1) is 22.3. The van der Waals surface area contributed by atoms with Crippen molar-refractivity contribution in [3.8, 4) is 0 Å². The Morgan fingerprint density at radius 1 is 1.16 bits per heavy atom. The molecule has 0 saturated carbocycles. The number of carbonyl (C=O) groups is 1. The number of hydrazone groups is 1. The highest BCUT2D eigenvalue weighted by Gasteiger charge is 2.26. The summed E-state index contributed by atoms with van der Waals surface area (Å²) in [5.74, 6) is -0.589. The van der Waals surface area contributed by atoms with Gasteiger partial charge in [-0.2, -0.15) is 9.41 Å². The Morgan fingerprint density at radius 3 is 2.65 bits per heavy atom. The molecule has 0 unspecified atom stereocenters. The molecule has 0 atom stereocenters. The minimum Gasteiger partial charge on any atom is -0.379 e. The molecule has 0 radical (unpaired) electrons. The van der Waals surface area contributed by atoms with Crippen molar-refractivity contribution >= 4 is 33.9 Å². The third kappa shape index (κ3) is 5.60. The lowest BCUT2D eigenvalue weighted by Crippen LogP contribution is -2.40. The zero-order valence-corrected chi connectivity index (χ0v) is 17.2. The van der Waals surface area contributed by atoms with E-state index in [4.69, 9.17) is 4.74 Å². The summed E-state index contributed by atoms with van der Waals surface area (Å²) in [5, 5.41) is 14.7. The van der Waals surface area contributed by atoms with Crippen molar-refractivity contribution in [2.24, 2.45) is 5.10 Å². The number of sulfonamides is 1. The van der Waals surface area contributed by atoms with Crippen molar-refractivity contribution in [3.63, 3.8) is 0 Å². The van der Waals surface area contributed by atoms with Gasteiger partial charge < -0.3 is 4.74 Å². The van der Waals surface area contributed by atoms with Crippen molar-refractivity contribution in [3.05, 3.63) is 75.8 Å². The van der Waals surface area contributed by atoms with Crippen molar-refractivity contribution in [1.82, 2.24) is 9.73 Å². The van der Waals surface area contributed by atoms with Crippen LogP contribution in [0, 0.1) is 10.1 Å².